The lowest BCUT2D eigenvalue weighted by atomic mass is 10.2. The maximum absolute atomic E-state index is 11.1. The highest BCUT2D eigenvalue weighted by Crippen LogP contribution is 2.12. The molecular formula is C10H12BrNO3. The van der Waals surface area contributed by atoms with E-state index in [0.29, 0.717) is 0 Å². The number of rotatable bonds is 4. The van der Waals surface area contributed by atoms with Crippen LogP contribution in [0, 0.1) is 0 Å². The van der Waals surface area contributed by atoms with E-state index in [4.69, 9.17) is 15.6 Å². The van der Waals surface area contributed by atoms with Crippen LogP contribution in [0.5, 0.6) is 0 Å². The van der Waals surface area contributed by atoms with Gasteiger partial charge in [-0.1, -0.05) is 28.1 Å². The van der Waals surface area contributed by atoms with Crippen LogP contribution in [0.15, 0.2) is 28.7 Å². The topological polar surface area (TPSA) is 72.5 Å². The smallest absolute Gasteiger partial charge is 0.325 e. The van der Waals surface area contributed by atoms with Crippen molar-refractivity contribution in [1.29, 1.82) is 0 Å². The lowest BCUT2D eigenvalue weighted by Crippen LogP contribution is -2.35. The van der Waals surface area contributed by atoms with Crippen LogP contribution in [0.3, 0.4) is 0 Å². The minimum absolute atomic E-state index is 0.159. The molecule has 0 bridgehead atoms. The minimum Gasteiger partial charge on any atom is -0.460 e. The molecule has 0 saturated carbocycles. The van der Waals surface area contributed by atoms with E-state index in [1.54, 1.807) is 0 Å². The van der Waals surface area contributed by atoms with Crippen LogP contribution < -0.4 is 5.73 Å². The van der Waals surface area contributed by atoms with Gasteiger partial charge in [-0.3, -0.25) is 4.79 Å². The predicted molar refractivity (Wildman–Crippen MR) is 59.0 cm³/mol. The number of aliphatic hydroxyl groups excluding tert-OH is 1. The van der Waals surface area contributed by atoms with E-state index >= 15 is 0 Å². The Morgan fingerprint density at radius 1 is 1.60 bits per heavy atom. The molecule has 0 aliphatic heterocycles. The Bertz CT molecular complexity index is 343. The second kappa shape index (κ2) is 5.85. The van der Waals surface area contributed by atoms with Crippen molar-refractivity contribution >= 4 is 21.9 Å². The van der Waals surface area contributed by atoms with E-state index < -0.39 is 18.6 Å². The number of hydrogen-bond acceptors (Lipinski definition) is 4. The molecule has 0 unspecified atom stereocenters. The van der Waals surface area contributed by atoms with Crippen LogP contribution >= 0.6 is 15.9 Å². The summed E-state index contributed by atoms with van der Waals surface area (Å²) in [7, 11) is 0. The second-order valence-corrected chi connectivity index (χ2v) is 3.94. The molecule has 0 aliphatic carbocycles. The number of carbonyl (C=O) groups excluding carboxylic acids is 1. The van der Waals surface area contributed by atoms with Crippen molar-refractivity contribution in [2.75, 3.05) is 6.61 Å². The molecule has 0 aliphatic rings. The van der Waals surface area contributed by atoms with Gasteiger partial charge in [0.25, 0.3) is 0 Å². The SMILES string of the molecule is N[C@H](CO)C(=O)OCc1cccc(Br)c1. The molecule has 0 spiro atoms. The first-order valence-corrected chi connectivity index (χ1v) is 5.20. The fraction of sp³-hybridized carbons (Fsp3) is 0.300. The minimum atomic E-state index is -0.961. The molecule has 1 atom stereocenters. The lowest BCUT2D eigenvalue weighted by molar-refractivity contribution is -0.147. The van der Waals surface area contributed by atoms with Crippen molar-refractivity contribution in [3.8, 4) is 0 Å². The largest absolute Gasteiger partial charge is 0.460 e. The van der Waals surface area contributed by atoms with Crippen LogP contribution in [0.1, 0.15) is 5.56 Å². The highest BCUT2D eigenvalue weighted by molar-refractivity contribution is 9.10. The normalized spacial score (nSPS) is 12.2. The molecule has 82 valence electrons. The maximum Gasteiger partial charge on any atom is 0.325 e. The first kappa shape index (κ1) is 12.2. The zero-order valence-corrected chi connectivity index (χ0v) is 9.61. The zero-order chi connectivity index (χ0) is 11.3. The Balaban J connectivity index is 2.47. The summed E-state index contributed by atoms with van der Waals surface area (Å²) in [5.74, 6) is -0.600. The van der Waals surface area contributed by atoms with Gasteiger partial charge < -0.3 is 15.6 Å². The average Bonchev–Trinajstić information content (AvgIpc) is 2.25. The third kappa shape index (κ3) is 3.99. The number of halogens is 1. The third-order valence-electron chi connectivity index (χ3n) is 1.77. The summed E-state index contributed by atoms with van der Waals surface area (Å²) >= 11 is 3.31. The van der Waals surface area contributed by atoms with Gasteiger partial charge in [0.2, 0.25) is 0 Å². The Labute approximate surface area is 96.2 Å². The van der Waals surface area contributed by atoms with Crippen molar-refractivity contribution in [2.24, 2.45) is 5.73 Å². The third-order valence-corrected chi connectivity index (χ3v) is 2.26. The molecule has 15 heavy (non-hydrogen) atoms. The zero-order valence-electron chi connectivity index (χ0n) is 8.02. The van der Waals surface area contributed by atoms with Gasteiger partial charge in [0.05, 0.1) is 6.61 Å². The molecule has 0 fully saturated rings. The molecule has 0 radical (unpaired) electrons. The quantitative estimate of drug-likeness (QED) is 0.797. The van der Waals surface area contributed by atoms with Crippen molar-refractivity contribution in [3.63, 3.8) is 0 Å². The molecule has 1 rings (SSSR count). The molecule has 4 nitrogen and oxygen atoms in total. The molecule has 0 aromatic heterocycles. The van der Waals surface area contributed by atoms with Crippen LogP contribution in [-0.2, 0) is 16.1 Å². The number of carbonyl (C=O) groups is 1. The van der Waals surface area contributed by atoms with Gasteiger partial charge in [0.15, 0.2) is 0 Å². The maximum atomic E-state index is 11.1. The Morgan fingerprint density at radius 2 is 2.33 bits per heavy atom. The summed E-state index contributed by atoms with van der Waals surface area (Å²) in [5, 5.41) is 8.61. The van der Waals surface area contributed by atoms with E-state index in [0.717, 1.165) is 10.0 Å². The molecule has 0 amide bonds. The van der Waals surface area contributed by atoms with Crippen molar-refractivity contribution < 1.29 is 14.6 Å². The molecule has 0 saturated heterocycles. The van der Waals surface area contributed by atoms with Crippen LogP contribution in [-0.4, -0.2) is 23.7 Å². The lowest BCUT2D eigenvalue weighted by Gasteiger charge is -2.08. The standard InChI is InChI=1S/C10H12BrNO3/c11-8-3-1-2-7(4-8)6-15-10(14)9(12)5-13/h1-4,9,13H,5-6,12H2/t9-/m1/s1. The van der Waals surface area contributed by atoms with Crippen molar-refractivity contribution in [2.45, 2.75) is 12.6 Å². The van der Waals surface area contributed by atoms with Gasteiger partial charge in [-0.25, -0.2) is 0 Å². The summed E-state index contributed by atoms with van der Waals surface area (Å²) in [4.78, 5) is 11.1. The number of hydrogen-bond donors (Lipinski definition) is 2. The summed E-state index contributed by atoms with van der Waals surface area (Å²) in [6.45, 7) is -0.247. The van der Waals surface area contributed by atoms with E-state index in [1.807, 2.05) is 24.3 Å². The van der Waals surface area contributed by atoms with Gasteiger partial charge in [-0.15, -0.1) is 0 Å². The van der Waals surface area contributed by atoms with E-state index in [1.165, 1.54) is 0 Å². The van der Waals surface area contributed by atoms with Gasteiger partial charge in [-0.2, -0.15) is 0 Å². The van der Waals surface area contributed by atoms with Crippen molar-refractivity contribution in [3.05, 3.63) is 34.3 Å². The van der Waals surface area contributed by atoms with Crippen LogP contribution in [0.2, 0.25) is 0 Å². The van der Waals surface area contributed by atoms with Crippen LogP contribution in [0.4, 0.5) is 0 Å². The molecule has 5 heteroatoms. The summed E-state index contributed by atoms with van der Waals surface area (Å²) in [5.41, 5.74) is 6.14. The molecule has 0 heterocycles. The van der Waals surface area contributed by atoms with Gasteiger partial charge in [0.1, 0.15) is 12.6 Å². The molecule has 1 aromatic carbocycles. The van der Waals surface area contributed by atoms with Gasteiger partial charge in [0, 0.05) is 4.47 Å². The number of nitrogens with two attached hydrogens (primary N) is 1. The molecular weight excluding hydrogens is 262 g/mol. The Kier molecular flexibility index (Phi) is 4.74. The van der Waals surface area contributed by atoms with Crippen molar-refractivity contribution in [1.82, 2.24) is 0 Å². The number of ether oxygens (including phenoxy) is 1. The Morgan fingerprint density at radius 3 is 2.93 bits per heavy atom. The molecule has 1 aromatic rings. The van der Waals surface area contributed by atoms with Gasteiger partial charge in [-0.05, 0) is 17.7 Å². The summed E-state index contributed by atoms with van der Waals surface area (Å²) in [6.07, 6.45) is 0. The van der Waals surface area contributed by atoms with E-state index in [-0.39, 0.29) is 6.61 Å². The number of esters is 1. The first-order valence-electron chi connectivity index (χ1n) is 4.41. The predicted octanol–water partition coefficient (Wildman–Crippen LogP) is 0.812. The number of benzene rings is 1. The highest BCUT2D eigenvalue weighted by atomic mass is 79.9. The summed E-state index contributed by atoms with van der Waals surface area (Å²) < 4.78 is 5.81. The fourth-order valence-corrected chi connectivity index (χ4v) is 1.41. The Hall–Kier alpha value is -0.910. The van der Waals surface area contributed by atoms with E-state index in [2.05, 4.69) is 15.9 Å². The van der Waals surface area contributed by atoms with E-state index in [9.17, 15) is 4.79 Å². The van der Waals surface area contributed by atoms with Crippen LogP contribution in [0.25, 0.3) is 0 Å². The van der Waals surface area contributed by atoms with Gasteiger partial charge >= 0.3 is 5.97 Å². The molecule has 3 N–H and O–H groups in total. The fourth-order valence-electron chi connectivity index (χ4n) is 0.963. The average molecular weight is 274 g/mol. The second-order valence-electron chi connectivity index (χ2n) is 3.03. The first-order chi connectivity index (χ1) is 7.13. The monoisotopic (exact) mass is 273 g/mol. The number of aliphatic hydroxyl groups is 1. The highest BCUT2D eigenvalue weighted by Gasteiger charge is 2.13. The summed E-state index contributed by atoms with van der Waals surface area (Å²) in [6, 6.07) is 6.45.